The Hall–Kier alpha value is -3.52. The molecule has 0 spiro atoms. The van der Waals surface area contributed by atoms with Gasteiger partial charge in [-0.25, -0.2) is 4.68 Å². The largest absolute Gasteiger partial charge is 0.381 e. The summed E-state index contributed by atoms with van der Waals surface area (Å²) in [6.07, 6.45) is 3.74. The molecule has 1 saturated heterocycles. The highest BCUT2D eigenvalue weighted by molar-refractivity contribution is 5.95. The molecular formula is C26H31N5O3. The molecule has 8 nitrogen and oxygen atoms in total. The summed E-state index contributed by atoms with van der Waals surface area (Å²) in [5.41, 5.74) is 5.63. The van der Waals surface area contributed by atoms with Gasteiger partial charge in [-0.3, -0.25) is 9.59 Å². The van der Waals surface area contributed by atoms with Gasteiger partial charge >= 0.3 is 0 Å². The molecular weight excluding hydrogens is 430 g/mol. The standard InChI is InChI=1S/C26H31N5O3/c1-18-7-6-8-19(2)26(18)27-24(32)16-30(3)25(33)12-11-20-9-4-5-10-23(20)31-15-22(28-29-31)21-13-14-34-17-21/h4-10,15,21H,11-14,16-17H2,1-3H3,(H,27,32). The molecule has 34 heavy (non-hydrogen) atoms. The quantitative estimate of drug-likeness (QED) is 0.555. The average Bonchev–Trinajstić information content (AvgIpc) is 3.52. The summed E-state index contributed by atoms with van der Waals surface area (Å²) in [6, 6.07) is 13.7. The van der Waals surface area contributed by atoms with Crippen molar-refractivity contribution in [3.05, 3.63) is 71.0 Å². The molecule has 3 aromatic rings. The van der Waals surface area contributed by atoms with E-state index in [0.29, 0.717) is 19.4 Å². The predicted octanol–water partition coefficient (Wildman–Crippen LogP) is 3.42. The summed E-state index contributed by atoms with van der Waals surface area (Å²) in [5.74, 6) is -0.0146. The van der Waals surface area contributed by atoms with Crippen LogP contribution in [0.4, 0.5) is 5.69 Å². The van der Waals surface area contributed by atoms with Crippen molar-refractivity contribution in [3.8, 4) is 5.69 Å². The molecule has 0 aliphatic carbocycles. The van der Waals surface area contributed by atoms with Crippen molar-refractivity contribution in [1.82, 2.24) is 19.9 Å². The highest BCUT2D eigenvalue weighted by Crippen LogP contribution is 2.24. The van der Waals surface area contributed by atoms with Crippen molar-refractivity contribution in [2.45, 2.75) is 39.0 Å². The predicted molar refractivity (Wildman–Crippen MR) is 130 cm³/mol. The van der Waals surface area contributed by atoms with Gasteiger partial charge in [-0.1, -0.05) is 41.6 Å². The lowest BCUT2D eigenvalue weighted by Gasteiger charge is -2.18. The molecule has 1 N–H and O–H groups in total. The minimum Gasteiger partial charge on any atom is -0.381 e. The molecule has 2 aromatic carbocycles. The van der Waals surface area contributed by atoms with Gasteiger partial charge in [0.15, 0.2) is 0 Å². The fraction of sp³-hybridized carbons (Fsp3) is 0.385. The number of likely N-dealkylation sites (N-methyl/N-ethyl adjacent to an activating group) is 1. The molecule has 8 heteroatoms. The van der Waals surface area contributed by atoms with Crippen molar-refractivity contribution in [3.63, 3.8) is 0 Å². The molecule has 1 atom stereocenters. The van der Waals surface area contributed by atoms with Crippen LogP contribution in [-0.2, 0) is 20.7 Å². The molecule has 0 radical (unpaired) electrons. The zero-order chi connectivity index (χ0) is 24.1. The Morgan fingerprint density at radius 2 is 1.91 bits per heavy atom. The van der Waals surface area contributed by atoms with E-state index in [1.807, 2.05) is 62.5 Å². The summed E-state index contributed by atoms with van der Waals surface area (Å²) >= 11 is 0. The number of aromatic nitrogens is 3. The first-order chi connectivity index (χ1) is 16.4. The molecule has 2 amide bonds. The highest BCUT2D eigenvalue weighted by atomic mass is 16.5. The zero-order valence-corrected chi connectivity index (χ0v) is 20.0. The number of carbonyl (C=O) groups excluding carboxylic acids is 2. The van der Waals surface area contributed by atoms with E-state index < -0.39 is 0 Å². The van der Waals surface area contributed by atoms with E-state index in [-0.39, 0.29) is 24.3 Å². The van der Waals surface area contributed by atoms with Crippen LogP contribution in [0.5, 0.6) is 0 Å². The number of ether oxygens (including phenoxy) is 1. The Morgan fingerprint density at radius 3 is 2.65 bits per heavy atom. The molecule has 178 valence electrons. The van der Waals surface area contributed by atoms with Crippen LogP contribution in [0.15, 0.2) is 48.7 Å². The maximum absolute atomic E-state index is 12.8. The van der Waals surface area contributed by atoms with Crippen molar-refractivity contribution >= 4 is 17.5 Å². The second-order valence-electron chi connectivity index (χ2n) is 8.84. The first-order valence-corrected chi connectivity index (χ1v) is 11.6. The van der Waals surface area contributed by atoms with Crippen LogP contribution >= 0.6 is 0 Å². The number of nitrogens with zero attached hydrogens (tertiary/aromatic N) is 4. The Balaban J connectivity index is 1.35. The van der Waals surface area contributed by atoms with Gasteiger partial charge in [0.2, 0.25) is 11.8 Å². The summed E-state index contributed by atoms with van der Waals surface area (Å²) in [4.78, 5) is 26.8. The third-order valence-electron chi connectivity index (χ3n) is 6.26. The second kappa shape index (κ2) is 10.6. The zero-order valence-electron chi connectivity index (χ0n) is 20.0. The van der Waals surface area contributed by atoms with E-state index in [2.05, 4.69) is 15.6 Å². The number of hydrogen-bond donors (Lipinski definition) is 1. The number of anilines is 1. The van der Waals surface area contributed by atoms with E-state index in [9.17, 15) is 9.59 Å². The molecule has 1 aliphatic heterocycles. The molecule has 0 bridgehead atoms. The van der Waals surface area contributed by atoms with E-state index in [1.54, 1.807) is 11.7 Å². The number of para-hydroxylation sites is 2. The maximum Gasteiger partial charge on any atom is 0.243 e. The van der Waals surface area contributed by atoms with Gasteiger partial charge in [0.1, 0.15) is 0 Å². The van der Waals surface area contributed by atoms with Gasteiger partial charge in [-0.2, -0.15) is 0 Å². The molecule has 4 rings (SSSR count). The Bertz CT molecular complexity index is 1150. The molecule has 1 aliphatic rings. The van der Waals surface area contributed by atoms with E-state index >= 15 is 0 Å². The minimum atomic E-state index is -0.209. The number of hydrogen-bond acceptors (Lipinski definition) is 5. The Morgan fingerprint density at radius 1 is 1.15 bits per heavy atom. The van der Waals surface area contributed by atoms with E-state index in [4.69, 9.17) is 4.74 Å². The number of benzene rings is 2. The van der Waals surface area contributed by atoms with Crippen molar-refractivity contribution in [2.24, 2.45) is 0 Å². The van der Waals surface area contributed by atoms with Gasteiger partial charge in [-0.05, 0) is 49.4 Å². The lowest BCUT2D eigenvalue weighted by atomic mass is 10.1. The van der Waals surface area contributed by atoms with Crippen LogP contribution < -0.4 is 5.32 Å². The lowest BCUT2D eigenvalue weighted by molar-refractivity contribution is -0.133. The normalized spacial score (nSPS) is 15.3. The lowest BCUT2D eigenvalue weighted by Crippen LogP contribution is -2.35. The first-order valence-electron chi connectivity index (χ1n) is 11.6. The van der Waals surface area contributed by atoms with Crippen LogP contribution in [0.1, 0.15) is 41.1 Å². The van der Waals surface area contributed by atoms with Crippen LogP contribution in [0.3, 0.4) is 0 Å². The van der Waals surface area contributed by atoms with Crippen LogP contribution in [-0.4, -0.2) is 58.5 Å². The van der Waals surface area contributed by atoms with Gasteiger partial charge in [0.05, 0.1) is 30.7 Å². The van der Waals surface area contributed by atoms with E-state index in [1.165, 1.54) is 4.90 Å². The molecule has 1 aromatic heterocycles. The number of aryl methyl sites for hydroxylation is 3. The third kappa shape index (κ3) is 5.51. The summed E-state index contributed by atoms with van der Waals surface area (Å²) < 4.78 is 7.24. The van der Waals surface area contributed by atoms with Gasteiger partial charge < -0.3 is 15.0 Å². The number of carbonyl (C=O) groups is 2. The Labute approximate surface area is 199 Å². The minimum absolute atomic E-state index is 0.00412. The third-order valence-corrected chi connectivity index (χ3v) is 6.26. The van der Waals surface area contributed by atoms with Crippen LogP contribution in [0.2, 0.25) is 0 Å². The van der Waals surface area contributed by atoms with Gasteiger partial charge in [0, 0.05) is 31.7 Å². The molecule has 0 saturated carbocycles. The van der Waals surface area contributed by atoms with Gasteiger partial charge in [-0.15, -0.1) is 5.10 Å². The monoisotopic (exact) mass is 461 g/mol. The van der Waals surface area contributed by atoms with Crippen LogP contribution in [0, 0.1) is 13.8 Å². The molecule has 1 unspecified atom stereocenters. The smallest absolute Gasteiger partial charge is 0.243 e. The van der Waals surface area contributed by atoms with Crippen molar-refractivity contribution in [1.29, 1.82) is 0 Å². The number of nitrogens with one attached hydrogen (secondary N) is 1. The molecule has 1 fully saturated rings. The fourth-order valence-corrected chi connectivity index (χ4v) is 4.22. The van der Waals surface area contributed by atoms with Crippen molar-refractivity contribution < 1.29 is 14.3 Å². The maximum atomic E-state index is 12.8. The Kier molecular flexibility index (Phi) is 7.37. The topological polar surface area (TPSA) is 89.4 Å². The number of rotatable bonds is 8. The summed E-state index contributed by atoms with van der Waals surface area (Å²) in [6.45, 7) is 5.34. The highest BCUT2D eigenvalue weighted by Gasteiger charge is 2.21. The summed E-state index contributed by atoms with van der Waals surface area (Å²) in [7, 11) is 1.66. The summed E-state index contributed by atoms with van der Waals surface area (Å²) in [5, 5.41) is 11.6. The number of amides is 2. The first kappa shape index (κ1) is 23.6. The van der Waals surface area contributed by atoms with Crippen LogP contribution in [0.25, 0.3) is 5.69 Å². The SMILES string of the molecule is Cc1cccc(C)c1NC(=O)CN(C)C(=O)CCc1ccccc1-n1cc(C2CCOC2)nn1. The molecule has 2 heterocycles. The fourth-order valence-electron chi connectivity index (χ4n) is 4.22. The van der Waals surface area contributed by atoms with Crippen molar-refractivity contribution in [2.75, 3.05) is 32.1 Å². The van der Waals surface area contributed by atoms with E-state index in [0.717, 1.165) is 46.8 Å². The second-order valence-corrected chi connectivity index (χ2v) is 8.84. The van der Waals surface area contributed by atoms with Gasteiger partial charge in [0.25, 0.3) is 0 Å². The average molecular weight is 462 g/mol.